The molecule has 1 N–H and O–H groups in total. The van der Waals surface area contributed by atoms with Crippen LogP contribution in [0.25, 0.3) is 16.8 Å². The molecule has 4 aromatic rings. The fraction of sp³-hybridized carbons (Fsp3) is 0.429. The maximum absolute atomic E-state index is 14.5. The van der Waals surface area contributed by atoms with E-state index in [9.17, 15) is 13.6 Å². The van der Waals surface area contributed by atoms with Gasteiger partial charge in [0.1, 0.15) is 17.2 Å². The zero-order chi connectivity index (χ0) is 28.0. The quantitative estimate of drug-likeness (QED) is 0.386. The van der Waals surface area contributed by atoms with Crippen molar-refractivity contribution in [1.82, 2.24) is 34.4 Å². The molecule has 40 heavy (non-hydrogen) atoms. The second-order valence-corrected chi connectivity index (χ2v) is 10.3. The van der Waals surface area contributed by atoms with Gasteiger partial charge in [-0.1, -0.05) is 0 Å². The number of amides is 1. The molecule has 210 valence electrons. The van der Waals surface area contributed by atoms with Crippen LogP contribution in [0.4, 0.5) is 20.4 Å². The molecular weight excluding hydrogens is 518 g/mol. The first-order valence-electron chi connectivity index (χ1n) is 13.4. The number of halogens is 2. The number of hydrogen-bond donors (Lipinski definition) is 1. The molecule has 6 rings (SSSR count). The van der Waals surface area contributed by atoms with Crippen molar-refractivity contribution < 1.29 is 18.3 Å². The third kappa shape index (κ3) is 4.55. The van der Waals surface area contributed by atoms with Gasteiger partial charge in [0.05, 0.1) is 25.9 Å². The summed E-state index contributed by atoms with van der Waals surface area (Å²) in [4.78, 5) is 24.7. The van der Waals surface area contributed by atoms with Gasteiger partial charge < -0.3 is 24.3 Å². The molecule has 2 aliphatic heterocycles. The Kier molecular flexibility index (Phi) is 6.87. The van der Waals surface area contributed by atoms with Gasteiger partial charge in [-0.25, -0.2) is 18.7 Å². The summed E-state index contributed by atoms with van der Waals surface area (Å²) in [5.41, 5.74) is 3.26. The molecule has 0 saturated carbocycles. The van der Waals surface area contributed by atoms with E-state index in [1.807, 2.05) is 0 Å². The molecule has 2 aliphatic rings. The number of carbonyl (C=O) groups excluding carboxylic acids is 1. The van der Waals surface area contributed by atoms with Crippen molar-refractivity contribution in [3.8, 4) is 16.9 Å². The minimum absolute atomic E-state index is 0.000254. The first-order chi connectivity index (χ1) is 19.4. The fourth-order valence-electron chi connectivity index (χ4n) is 5.79. The van der Waals surface area contributed by atoms with Crippen LogP contribution < -0.4 is 15.0 Å². The number of nitrogens with one attached hydrogen (secondary N) is 1. The molecule has 0 aliphatic carbocycles. The number of carbonyl (C=O) groups is 1. The normalized spacial score (nSPS) is 16.0. The van der Waals surface area contributed by atoms with Crippen molar-refractivity contribution in [1.29, 1.82) is 0 Å². The zero-order valence-corrected chi connectivity index (χ0v) is 22.8. The van der Waals surface area contributed by atoms with Crippen LogP contribution in [0.2, 0.25) is 0 Å². The molecule has 1 amide bonds. The number of nitrogens with zero attached hydrogens (tertiary/aromatic N) is 7. The third-order valence-corrected chi connectivity index (χ3v) is 7.99. The van der Waals surface area contributed by atoms with E-state index in [0.29, 0.717) is 48.1 Å². The van der Waals surface area contributed by atoms with E-state index < -0.39 is 6.43 Å². The van der Waals surface area contributed by atoms with E-state index in [1.54, 1.807) is 52.8 Å². The Hall–Kier alpha value is -4.06. The summed E-state index contributed by atoms with van der Waals surface area (Å²) in [6.07, 6.45) is 6.45. The highest BCUT2D eigenvalue weighted by Crippen LogP contribution is 2.40. The number of fused-ring (bicyclic) bond motifs is 2. The standard InChI is InChI=1S/C28H32F2N8O2/c1-17(39)36-10-6-23-22(15-36)28(34-38(23)18-4-7-31-8-5-18)35(2)25-13-20(27(29)30)21(14-33-25)19-12-26-32-9-11-37(26)16-24(19)40-3/h9,11-14,16,18,27,31H,4-8,10,15H2,1-3H3. The maximum Gasteiger partial charge on any atom is 0.264 e. The first-order valence-corrected chi connectivity index (χ1v) is 13.4. The first kappa shape index (κ1) is 26.2. The van der Waals surface area contributed by atoms with Crippen LogP contribution >= 0.6 is 0 Å². The van der Waals surface area contributed by atoms with Crippen LogP contribution in [-0.4, -0.2) is 68.7 Å². The summed E-state index contributed by atoms with van der Waals surface area (Å²) >= 11 is 0. The van der Waals surface area contributed by atoms with Gasteiger partial charge in [-0.3, -0.25) is 9.48 Å². The lowest BCUT2D eigenvalue weighted by molar-refractivity contribution is -0.129. The summed E-state index contributed by atoms with van der Waals surface area (Å²) in [5.74, 6) is 1.42. The topological polar surface area (TPSA) is 92.8 Å². The Labute approximate surface area is 230 Å². The number of anilines is 2. The smallest absolute Gasteiger partial charge is 0.264 e. The highest BCUT2D eigenvalue weighted by atomic mass is 19.3. The Balaban J connectivity index is 1.42. The number of alkyl halides is 2. The lowest BCUT2D eigenvalue weighted by Crippen LogP contribution is -2.36. The van der Waals surface area contributed by atoms with E-state index >= 15 is 0 Å². The molecule has 0 radical (unpaired) electrons. The minimum Gasteiger partial charge on any atom is -0.495 e. The third-order valence-electron chi connectivity index (χ3n) is 7.99. The lowest BCUT2D eigenvalue weighted by atomic mass is 10.0. The SMILES string of the molecule is COc1cn2ccnc2cc1-c1cnc(N(C)c2nn(C3CCNCC3)c3c2CN(C(C)=O)CC3)cc1C(F)F. The predicted molar refractivity (Wildman–Crippen MR) is 146 cm³/mol. The fourth-order valence-corrected chi connectivity index (χ4v) is 5.79. The maximum atomic E-state index is 14.5. The molecule has 1 saturated heterocycles. The number of imidazole rings is 1. The van der Waals surface area contributed by atoms with Crippen LogP contribution in [0.5, 0.6) is 5.75 Å². The molecule has 6 heterocycles. The van der Waals surface area contributed by atoms with Crippen LogP contribution in [-0.2, 0) is 17.8 Å². The predicted octanol–water partition coefficient (Wildman–Crippen LogP) is 4.14. The number of methoxy groups -OCH3 is 1. The van der Waals surface area contributed by atoms with Crippen molar-refractivity contribution >= 4 is 23.2 Å². The highest BCUT2D eigenvalue weighted by molar-refractivity contribution is 5.78. The average Bonchev–Trinajstić information content (AvgIpc) is 3.60. The minimum atomic E-state index is -2.75. The molecule has 12 heteroatoms. The number of piperidine rings is 1. The highest BCUT2D eigenvalue weighted by Gasteiger charge is 2.32. The van der Waals surface area contributed by atoms with Crippen molar-refractivity contribution in [3.63, 3.8) is 0 Å². The second kappa shape index (κ2) is 10.5. The summed E-state index contributed by atoms with van der Waals surface area (Å²) in [6, 6.07) is 3.38. The number of aromatic nitrogens is 5. The molecule has 4 aromatic heterocycles. The monoisotopic (exact) mass is 550 g/mol. The van der Waals surface area contributed by atoms with Gasteiger partial charge >= 0.3 is 0 Å². The van der Waals surface area contributed by atoms with E-state index in [-0.39, 0.29) is 23.1 Å². The molecular formula is C28H32F2N8O2. The lowest BCUT2D eigenvalue weighted by Gasteiger charge is -2.30. The average molecular weight is 551 g/mol. The van der Waals surface area contributed by atoms with Crippen molar-refractivity contribution in [2.24, 2.45) is 0 Å². The second-order valence-electron chi connectivity index (χ2n) is 10.3. The van der Waals surface area contributed by atoms with Crippen LogP contribution in [0, 0.1) is 0 Å². The molecule has 0 unspecified atom stereocenters. The number of ether oxygens (including phenoxy) is 1. The Bertz CT molecular complexity index is 1560. The van der Waals surface area contributed by atoms with Crippen LogP contribution in [0.1, 0.15) is 49.1 Å². The van der Waals surface area contributed by atoms with Crippen molar-refractivity contribution in [2.45, 2.75) is 45.2 Å². The number of rotatable bonds is 6. The number of hydrogen-bond acceptors (Lipinski definition) is 7. The van der Waals surface area contributed by atoms with Gasteiger partial charge in [0, 0.05) is 73.5 Å². The van der Waals surface area contributed by atoms with Crippen molar-refractivity contribution in [2.75, 3.05) is 38.7 Å². The van der Waals surface area contributed by atoms with Gasteiger partial charge in [-0.2, -0.15) is 5.10 Å². The van der Waals surface area contributed by atoms with Crippen LogP contribution in [0.15, 0.2) is 36.9 Å². The molecule has 0 atom stereocenters. The van der Waals surface area contributed by atoms with E-state index in [1.165, 1.54) is 19.4 Å². The molecule has 0 spiro atoms. The van der Waals surface area contributed by atoms with Gasteiger partial charge in [-0.15, -0.1) is 0 Å². The van der Waals surface area contributed by atoms with E-state index in [0.717, 1.165) is 37.2 Å². The summed E-state index contributed by atoms with van der Waals surface area (Å²) in [7, 11) is 3.29. The van der Waals surface area contributed by atoms with Gasteiger partial charge in [-0.05, 0) is 38.1 Å². The summed E-state index contributed by atoms with van der Waals surface area (Å²) in [6.45, 7) is 4.46. The Morgan fingerprint density at radius 2 is 2.00 bits per heavy atom. The van der Waals surface area contributed by atoms with Gasteiger partial charge in [0.15, 0.2) is 5.82 Å². The molecule has 0 aromatic carbocycles. The molecule has 1 fully saturated rings. The summed E-state index contributed by atoms with van der Waals surface area (Å²) in [5, 5.41) is 8.41. The Morgan fingerprint density at radius 1 is 1.20 bits per heavy atom. The van der Waals surface area contributed by atoms with Gasteiger partial charge in [0.2, 0.25) is 5.91 Å². The largest absolute Gasteiger partial charge is 0.495 e. The number of pyridine rings is 2. The zero-order valence-electron chi connectivity index (χ0n) is 22.8. The molecule has 10 nitrogen and oxygen atoms in total. The van der Waals surface area contributed by atoms with Crippen LogP contribution in [0.3, 0.4) is 0 Å². The van der Waals surface area contributed by atoms with Gasteiger partial charge in [0.25, 0.3) is 6.43 Å². The van der Waals surface area contributed by atoms with Crippen molar-refractivity contribution in [3.05, 3.63) is 53.7 Å². The Morgan fingerprint density at radius 3 is 2.73 bits per heavy atom. The summed E-state index contributed by atoms with van der Waals surface area (Å²) < 4.78 is 38.5. The van der Waals surface area contributed by atoms with E-state index in [4.69, 9.17) is 9.84 Å². The van der Waals surface area contributed by atoms with E-state index in [2.05, 4.69) is 20.0 Å². The molecule has 0 bridgehead atoms.